The van der Waals surface area contributed by atoms with Gasteiger partial charge in [-0.2, -0.15) is 0 Å². The number of rotatable bonds is 7. The molecule has 0 unspecified atom stereocenters. The van der Waals surface area contributed by atoms with E-state index in [9.17, 15) is 4.79 Å². The van der Waals surface area contributed by atoms with Crippen LogP contribution in [-0.2, 0) is 24.1 Å². The highest BCUT2D eigenvalue weighted by Crippen LogP contribution is 2.28. The van der Waals surface area contributed by atoms with Crippen molar-refractivity contribution in [2.75, 3.05) is 27.4 Å². The Morgan fingerprint density at radius 1 is 1.08 bits per heavy atom. The molecule has 1 aliphatic rings. The Morgan fingerprint density at radius 2 is 1.88 bits per heavy atom. The molecule has 0 fully saturated rings. The highest BCUT2D eigenvalue weighted by Gasteiger charge is 2.13. The van der Waals surface area contributed by atoms with E-state index in [-0.39, 0.29) is 5.91 Å². The quantitative estimate of drug-likeness (QED) is 0.841. The number of carbonyl (C=O) groups excluding carboxylic acids is 1. The molecular formula is C20H23NO4. The minimum absolute atomic E-state index is 0.0272. The Balaban J connectivity index is 1.49. The molecule has 0 radical (unpaired) electrons. The monoisotopic (exact) mass is 341 g/mol. The van der Waals surface area contributed by atoms with E-state index >= 15 is 0 Å². The summed E-state index contributed by atoms with van der Waals surface area (Å²) in [5, 5.41) is 2.97. The van der Waals surface area contributed by atoms with Crippen LogP contribution in [0.4, 0.5) is 0 Å². The second kappa shape index (κ2) is 7.92. The third-order valence-corrected chi connectivity index (χ3v) is 4.30. The second-order valence-corrected chi connectivity index (χ2v) is 6.01. The van der Waals surface area contributed by atoms with Crippen LogP contribution in [0.15, 0.2) is 36.4 Å². The van der Waals surface area contributed by atoms with E-state index in [1.807, 2.05) is 30.3 Å². The Bertz CT molecular complexity index is 757. The number of ether oxygens (including phenoxy) is 3. The predicted octanol–water partition coefficient (Wildman–Crippen LogP) is 2.54. The van der Waals surface area contributed by atoms with Gasteiger partial charge >= 0.3 is 0 Å². The standard InChI is InChI=1S/C20H23NO4/c1-23-18-6-3-14(12-19(18)24-2)7-9-21-20(22)13-15-4-5-17-16(11-15)8-10-25-17/h3-6,11-12H,7-10,13H2,1-2H3,(H,21,22). The molecule has 0 saturated heterocycles. The fourth-order valence-corrected chi connectivity index (χ4v) is 2.98. The maximum atomic E-state index is 12.1. The van der Waals surface area contributed by atoms with Crippen molar-refractivity contribution in [2.24, 2.45) is 0 Å². The first-order valence-corrected chi connectivity index (χ1v) is 8.42. The first-order chi connectivity index (χ1) is 12.2. The average Bonchev–Trinajstić information content (AvgIpc) is 3.09. The summed E-state index contributed by atoms with van der Waals surface area (Å²) in [5.41, 5.74) is 3.30. The van der Waals surface area contributed by atoms with Gasteiger partial charge < -0.3 is 19.5 Å². The van der Waals surface area contributed by atoms with E-state index in [1.165, 1.54) is 5.56 Å². The number of hydrogen-bond donors (Lipinski definition) is 1. The van der Waals surface area contributed by atoms with Crippen molar-refractivity contribution < 1.29 is 19.0 Å². The van der Waals surface area contributed by atoms with Crippen LogP contribution in [0.3, 0.4) is 0 Å². The van der Waals surface area contributed by atoms with Crippen molar-refractivity contribution in [1.29, 1.82) is 0 Å². The van der Waals surface area contributed by atoms with Gasteiger partial charge in [0.1, 0.15) is 5.75 Å². The van der Waals surface area contributed by atoms with Gasteiger partial charge in [0.05, 0.1) is 27.2 Å². The van der Waals surface area contributed by atoms with Crippen LogP contribution in [0.2, 0.25) is 0 Å². The SMILES string of the molecule is COc1ccc(CCNC(=O)Cc2ccc3c(c2)CCO3)cc1OC. The maximum absolute atomic E-state index is 12.1. The lowest BCUT2D eigenvalue weighted by molar-refractivity contribution is -0.120. The van der Waals surface area contributed by atoms with Gasteiger partial charge in [-0.25, -0.2) is 0 Å². The molecule has 0 atom stereocenters. The molecule has 1 heterocycles. The fraction of sp³-hybridized carbons (Fsp3) is 0.350. The van der Waals surface area contributed by atoms with E-state index in [2.05, 4.69) is 11.4 Å². The van der Waals surface area contributed by atoms with Gasteiger partial charge in [-0.3, -0.25) is 4.79 Å². The molecule has 132 valence electrons. The van der Waals surface area contributed by atoms with Gasteiger partial charge in [0.25, 0.3) is 0 Å². The summed E-state index contributed by atoms with van der Waals surface area (Å²) >= 11 is 0. The Morgan fingerprint density at radius 3 is 2.68 bits per heavy atom. The number of amides is 1. The van der Waals surface area contributed by atoms with E-state index in [1.54, 1.807) is 14.2 Å². The highest BCUT2D eigenvalue weighted by atomic mass is 16.5. The molecule has 1 aliphatic heterocycles. The molecule has 0 aliphatic carbocycles. The number of hydrogen-bond acceptors (Lipinski definition) is 4. The van der Waals surface area contributed by atoms with Crippen LogP contribution < -0.4 is 19.5 Å². The summed E-state index contributed by atoms with van der Waals surface area (Å²) in [7, 11) is 3.23. The Hall–Kier alpha value is -2.69. The summed E-state index contributed by atoms with van der Waals surface area (Å²) in [6.45, 7) is 1.32. The molecule has 0 spiro atoms. The molecule has 5 heteroatoms. The third-order valence-electron chi connectivity index (χ3n) is 4.30. The van der Waals surface area contributed by atoms with Crippen molar-refractivity contribution >= 4 is 5.91 Å². The lowest BCUT2D eigenvalue weighted by Gasteiger charge is -2.10. The molecule has 5 nitrogen and oxygen atoms in total. The zero-order chi connectivity index (χ0) is 17.6. The largest absolute Gasteiger partial charge is 0.493 e. The highest BCUT2D eigenvalue weighted by molar-refractivity contribution is 5.78. The van der Waals surface area contributed by atoms with Crippen molar-refractivity contribution in [3.8, 4) is 17.2 Å². The van der Waals surface area contributed by atoms with Crippen molar-refractivity contribution in [3.05, 3.63) is 53.1 Å². The summed E-state index contributed by atoms with van der Waals surface area (Å²) in [5.74, 6) is 2.37. The molecule has 0 bridgehead atoms. The minimum Gasteiger partial charge on any atom is -0.493 e. The topological polar surface area (TPSA) is 56.8 Å². The van der Waals surface area contributed by atoms with Crippen LogP contribution in [0.1, 0.15) is 16.7 Å². The first-order valence-electron chi connectivity index (χ1n) is 8.42. The lowest BCUT2D eigenvalue weighted by atomic mass is 10.1. The van der Waals surface area contributed by atoms with E-state index in [4.69, 9.17) is 14.2 Å². The average molecular weight is 341 g/mol. The van der Waals surface area contributed by atoms with E-state index < -0.39 is 0 Å². The van der Waals surface area contributed by atoms with Gasteiger partial charge in [-0.05, 0) is 41.3 Å². The van der Waals surface area contributed by atoms with Gasteiger partial charge in [0, 0.05) is 13.0 Å². The van der Waals surface area contributed by atoms with E-state index in [0.29, 0.717) is 24.5 Å². The smallest absolute Gasteiger partial charge is 0.224 e. The fourth-order valence-electron chi connectivity index (χ4n) is 2.98. The minimum atomic E-state index is 0.0272. The van der Waals surface area contributed by atoms with Crippen LogP contribution in [0.5, 0.6) is 17.2 Å². The molecule has 1 N–H and O–H groups in total. The first kappa shape index (κ1) is 17.1. The van der Waals surface area contributed by atoms with Crippen LogP contribution in [0, 0.1) is 0 Å². The predicted molar refractivity (Wildman–Crippen MR) is 95.6 cm³/mol. The zero-order valence-corrected chi connectivity index (χ0v) is 14.6. The summed E-state index contributed by atoms with van der Waals surface area (Å²) in [4.78, 5) is 12.1. The second-order valence-electron chi connectivity index (χ2n) is 6.01. The third kappa shape index (κ3) is 4.24. The normalized spacial score (nSPS) is 12.2. The molecule has 1 amide bonds. The van der Waals surface area contributed by atoms with Crippen LogP contribution in [0.25, 0.3) is 0 Å². The summed E-state index contributed by atoms with van der Waals surface area (Å²) < 4.78 is 16.0. The summed E-state index contributed by atoms with van der Waals surface area (Å²) in [6.07, 6.45) is 2.05. The van der Waals surface area contributed by atoms with Crippen molar-refractivity contribution in [1.82, 2.24) is 5.32 Å². The Labute approximate surface area is 147 Å². The molecular weight excluding hydrogens is 318 g/mol. The van der Waals surface area contributed by atoms with Crippen LogP contribution >= 0.6 is 0 Å². The van der Waals surface area contributed by atoms with Gasteiger partial charge in [-0.15, -0.1) is 0 Å². The zero-order valence-electron chi connectivity index (χ0n) is 14.6. The molecule has 2 aromatic rings. The van der Waals surface area contributed by atoms with Gasteiger partial charge in [0.2, 0.25) is 5.91 Å². The molecule has 3 rings (SSSR count). The van der Waals surface area contributed by atoms with Gasteiger partial charge in [0.15, 0.2) is 11.5 Å². The molecule has 2 aromatic carbocycles. The number of fused-ring (bicyclic) bond motifs is 1. The van der Waals surface area contributed by atoms with Crippen molar-refractivity contribution in [2.45, 2.75) is 19.3 Å². The lowest BCUT2D eigenvalue weighted by Crippen LogP contribution is -2.27. The van der Waals surface area contributed by atoms with Crippen LogP contribution in [-0.4, -0.2) is 33.3 Å². The summed E-state index contributed by atoms with van der Waals surface area (Å²) in [6, 6.07) is 11.8. The number of nitrogens with one attached hydrogen (secondary N) is 1. The molecule has 0 aromatic heterocycles. The number of carbonyl (C=O) groups is 1. The molecule has 25 heavy (non-hydrogen) atoms. The van der Waals surface area contributed by atoms with Gasteiger partial charge in [-0.1, -0.05) is 18.2 Å². The van der Waals surface area contributed by atoms with E-state index in [0.717, 1.165) is 36.3 Å². The maximum Gasteiger partial charge on any atom is 0.224 e. The Kier molecular flexibility index (Phi) is 5.43. The molecule has 0 saturated carbocycles. The number of benzene rings is 2. The van der Waals surface area contributed by atoms with Crippen molar-refractivity contribution in [3.63, 3.8) is 0 Å². The number of methoxy groups -OCH3 is 2.